The number of ether oxygens (including phenoxy) is 4. The number of esters is 1. The highest BCUT2D eigenvalue weighted by Gasteiger charge is 2.48. The second-order valence-corrected chi connectivity index (χ2v) is 8.01. The Bertz CT molecular complexity index is 1010. The average molecular weight is 465 g/mol. The quantitative estimate of drug-likeness (QED) is 0.470. The van der Waals surface area contributed by atoms with E-state index in [1.54, 1.807) is 30.3 Å². The van der Waals surface area contributed by atoms with Crippen molar-refractivity contribution in [2.75, 3.05) is 6.61 Å². The van der Waals surface area contributed by atoms with Gasteiger partial charge in [-0.2, -0.15) is 0 Å². The number of rotatable bonds is 9. The monoisotopic (exact) mass is 464 g/mol. The van der Waals surface area contributed by atoms with E-state index in [1.165, 1.54) is 0 Å². The van der Waals surface area contributed by atoms with E-state index in [-0.39, 0.29) is 13.2 Å². The molecule has 0 radical (unpaired) electrons. The van der Waals surface area contributed by atoms with Crippen molar-refractivity contribution >= 4 is 5.97 Å². The van der Waals surface area contributed by atoms with Gasteiger partial charge in [-0.25, -0.2) is 4.79 Å². The molecule has 34 heavy (non-hydrogen) atoms. The first-order valence-corrected chi connectivity index (χ1v) is 11.2. The minimum absolute atomic E-state index is 0.172. The predicted octanol–water partition coefficient (Wildman–Crippen LogP) is 3.09. The minimum Gasteiger partial charge on any atom is -0.450 e. The molecule has 0 amide bonds. The summed E-state index contributed by atoms with van der Waals surface area (Å²) in [5, 5.41) is 21.1. The third-order valence-electron chi connectivity index (χ3n) is 5.59. The van der Waals surface area contributed by atoms with Gasteiger partial charge in [-0.1, -0.05) is 78.9 Å². The van der Waals surface area contributed by atoms with Crippen molar-refractivity contribution in [3.63, 3.8) is 0 Å². The smallest absolute Gasteiger partial charge is 0.338 e. The molecular weight excluding hydrogens is 436 g/mol. The first-order chi connectivity index (χ1) is 16.7. The van der Waals surface area contributed by atoms with Crippen LogP contribution in [-0.2, 0) is 32.2 Å². The Hall–Kier alpha value is -3.07. The lowest BCUT2D eigenvalue weighted by Crippen LogP contribution is -2.61. The summed E-state index contributed by atoms with van der Waals surface area (Å²) in [5.41, 5.74) is 2.12. The van der Waals surface area contributed by atoms with Gasteiger partial charge < -0.3 is 29.2 Å². The van der Waals surface area contributed by atoms with Crippen LogP contribution in [0.5, 0.6) is 0 Å². The zero-order valence-electron chi connectivity index (χ0n) is 18.6. The molecule has 1 saturated heterocycles. The molecular formula is C27H28O7. The number of aliphatic hydroxyl groups excluding tert-OH is 2. The molecule has 3 aromatic carbocycles. The van der Waals surface area contributed by atoms with Crippen LogP contribution in [0.25, 0.3) is 0 Å². The van der Waals surface area contributed by atoms with E-state index in [9.17, 15) is 15.0 Å². The van der Waals surface area contributed by atoms with Crippen LogP contribution in [-0.4, -0.2) is 53.5 Å². The van der Waals surface area contributed by atoms with Crippen LogP contribution >= 0.6 is 0 Å². The second-order valence-electron chi connectivity index (χ2n) is 8.01. The van der Waals surface area contributed by atoms with Crippen LogP contribution in [0.15, 0.2) is 91.0 Å². The van der Waals surface area contributed by atoms with E-state index in [1.807, 2.05) is 60.7 Å². The van der Waals surface area contributed by atoms with Gasteiger partial charge in [0, 0.05) is 0 Å². The fourth-order valence-electron chi connectivity index (χ4n) is 3.79. The fourth-order valence-corrected chi connectivity index (χ4v) is 3.79. The lowest BCUT2D eigenvalue weighted by atomic mass is 9.98. The van der Waals surface area contributed by atoms with Gasteiger partial charge in [0.05, 0.1) is 25.4 Å². The molecule has 178 valence electrons. The molecule has 0 saturated carbocycles. The fraction of sp³-hybridized carbons (Fsp3) is 0.296. The van der Waals surface area contributed by atoms with E-state index in [0.717, 1.165) is 11.1 Å². The standard InChI is InChI=1S/C27H28O7/c28-16-22-24(31-17-19-10-4-1-5-11-19)23(29)25(34-26(30)21-14-8-3-9-15-21)27(33-22)32-18-20-12-6-2-7-13-20/h1-15,22-25,27-29H,16-18H2/t22-,23+,24-,25-,27-/m1/s1. The number of aliphatic hydroxyl groups is 2. The van der Waals surface area contributed by atoms with E-state index < -0.39 is 43.3 Å². The van der Waals surface area contributed by atoms with Crippen molar-refractivity contribution in [2.45, 2.75) is 43.9 Å². The van der Waals surface area contributed by atoms with Crippen molar-refractivity contribution in [3.05, 3.63) is 108 Å². The SMILES string of the molecule is O=C(O[C@H]1[C@H](OCc2ccccc2)O[C@H](CO)[C@@H](OCc2ccccc2)[C@@H]1O)c1ccccc1. The van der Waals surface area contributed by atoms with Gasteiger partial charge in [0.15, 0.2) is 12.4 Å². The van der Waals surface area contributed by atoms with E-state index in [4.69, 9.17) is 18.9 Å². The molecule has 0 aromatic heterocycles. The third kappa shape index (κ3) is 6.08. The van der Waals surface area contributed by atoms with Gasteiger partial charge in [0.25, 0.3) is 0 Å². The Labute approximate surface area is 198 Å². The largest absolute Gasteiger partial charge is 0.450 e. The number of hydrogen-bond donors (Lipinski definition) is 2. The topological polar surface area (TPSA) is 94.5 Å². The second kappa shape index (κ2) is 11.9. The first-order valence-electron chi connectivity index (χ1n) is 11.2. The van der Waals surface area contributed by atoms with Gasteiger partial charge >= 0.3 is 5.97 Å². The molecule has 0 aliphatic carbocycles. The Morgan fingerprint density at radius 2 is 1.29 bits per heavy atom. The molecule has 0 bridgehead atoms. The average Bonchev–Trinajstić information content (AvgIpc) is 2.89. The molecule has 0 unspecified atom stereocenters. The highest BCUT2D eigenvalue weighted by molar-refractivity contribution is 5.89. The van der Waals surface area contributed by atoms with E-state index >= 15 is 0 Å². The summed E-state index contributed by atoms with van der Waals surface area (Å²) < 4.78 is 23.4. The summed E-state index contributed by atoms with van der Waals surface area (Å²) in [4.78, 5) is 12.8. The third-order valence-corrected chi connectivity index (χ3v) is 5.59. The van der Waals surface area contributed by atoms with Crippen LogP contribution < -0.4 is 0 Å². The molecule has 1 aliphatic rings. The van der Waals surface area contributed by atoms with E-state index in [2.05, 4.69) is 0 Å². The zero-order chi connectivity index (χ0) is 23.8. The Balaban J connectivity index is 1.52. The Kier molecular flexibility index (Phi) is 8.41. The number of carbonyl (C=O) groups is 1. The van der Waals surface area contributed by atoms with Crippen molar-refractivity contribution in [2.24, 2.45) is 0 Å². The van der Waals surface area contributed by atoms with Crippen LogP contribution in [0.1, 0.15) is 21.5 Å². The summed E-state index contributed by atoms with van der Waals surface area (Å²) in [5.74, 6) is -0.620. The van der Waals surface area contributed by atoms with Crippen molar-refractivity contribution in [1.82, 2.24) is 0 Å². The first kappa shape index (κ1) is 24.1. The summed E-state index contributed by atoms with van der Waals surface area (Å²) in [6.45, 7) is -0.0380. The number of benzene rings is 3. The molecule has 1 aliphatic heterocycles. The molecule has 0 spiro atoms. The molecule has 7 nitrogen and oxygen atoms in total. The maximum atomic E-state index is 12.8. The van der Waals surface area contributed by atoms with Gasteiger partial charge in [0.1, 0.15) is 18.3 Å². The number of hydrogen-bond acceptors (Lipinski definition) is 7. The lowest BCUT2D eigenvalue weighted by molar-refractivity contribution is -0.310. The lowest BCUT2D eigenvalue weighted by Gasteiger charge is -2.43. The van der Waals surface area contributed by atoms with Crippen LogP contribution in [0.2, 0.25) is 0 Å². The number of carbonyl (C=O) groups excluding carboxylic acids is 1. The highest BCUT2D eigenvalue weighted by Crippen LogP contribution is 2.28. The zero-order valence-corrected chi connectivity index (χ0v) is 18.6. The summed E-state index contributed by atoms with van der Waals surface area (Å²) in [6.07, 6.45) is -5.36. The highest BCUT2D eigenvalue weighted by atomic mass is 16.7. The van der Waals surface area contributed by atoms with Crippen molar-refractivity contribution in [1.29, 1.82) is 0 Å². The van der Waals surface area contributed by atoms with Gasteiger partial charge in [-0.05, 0) is 23.3 Å². The van der Waals surface area contributed by atoms with Gasteiger partial charge in [-0.15, -0.1) is 0 Å². The van der Waals surface area contributed by atoms with Crippen LogP contribution in [0, 0.1) is 0 Å². The molecule has 3 aromatic rings. The van der Waals surface area contributed by atoms with Crippen molar-refractivity contribution < 1.29 is 34.0 Å². The molecule has 4 rings (SSSR count). The molecule has 1 fully saturated rings. The molecule has 5 atom stereocenters. The van der Waals surface area contributed by atoms with Crippen LogP contribution in [0.4, 0.5) is 0 Å². The Morgan fingerprint density at radius 3 is 1.85 bits per heavy atom. The maximum Gasteiger partial charge on any atom is 0.338 e. The molecule has 2 N–H and O–H groups in total. The minimum atomic E-state index is -1.29. The normalized spacial score (nSPS) is 24.5. The predicted molar refractivity (Wildman–Crippen MR) is 124 cm³/mol. The summed E-state index contributed by atoms with van der Waals surface area (Å²) >= 11 is 0. The Morgan fingerprint density at radius 1 is 0.765 bits per heavy atom. The van der Waals surface area contributed by atoms with Gasteiger partial charge in [-0.3, -0.25) is 0 Å². The van der Waals surface area contributed by atoms with E-state index in [0.29, 0.717) is 5.56 Å². The van der Waals surface area contributed by atoms with Gasteiger partial charge in [0.2, 0.25) is 0 Å². The molecule has 1 heterocycles. The summed E-state index contributed by atoms with van der Waals surface area (Å²) in [6, 6.07) is 27.4. The maximum absolute atomic E-state index is 12.8. The molecule has 7 heteroatoms. The van der Waals surface area contributed by atoms with Crippen LogP contribution in [0.3, 0.4) is 0 Å². The summed E-state index contributed by atoms with van der Waals surface area (Å²) in [7, 11) is 0. The van der Waals surface area contributed by atoms with Crippen molar-refractivity contribution in [3.8, 4) is 0 Å².